The van der Waals surface area contributed by atoms with Crippen LogP contribution >= 0.6 is 0 Å². The van der Waals surface area contributed by atoms with Gasteiger partial charge in [-0.1, -0.05) is 40.2 Å². The molecule has 0 N–H and O–H groups in total. The largest absolute Gasteiger partial charge is 0.493 e. The molecule has 0 aliphatic heterocycles. The number of methoxy groups -OCH3 is 2. The predicted octanol–water partition coefficient (Wildman–Crippen LogP) is 3.37. The number of hydrogen-bond acceptors (Lipinski definition) is 7. The van der Waals surface area contributed by atoms with Crippen molar-refractivity contribution in [3.8, 4) is 34.5 Å². The van der Waals surface area contributed by atoms with E-state index in [9.17, 15) is 0 Å². The van der Waals surface area contributed by atoms with Gasteiger partial charge in [-0.3, -0.25) is 0 Å². The summed E-state index contributed by atoms with van der Waals surface area (Å²) in [7, 11) is 3.16. The number of rotatable bonds is 6. The van der Waals surface area contributed by atoms with Crippen LogP contribution in [-0.4, -0.2) is 39.4 Å². The summed E-state index contributed by atoms with van der Waals surface area (Å²) in [5.74, 6) is 1.96. The molecule has 0 aliphatic carbocycles. The minimum absolute atomic E-state index is 0.365. The van der Waals surface area contributed by atoms with Crippen LogP contribution in [0.3, 0.4) is 0 Å². The number of nitrogens with zero attached hydrogens (tertiary/aromatic N) is 5. The van der Waals surface area contributed by atoms with Gasteiger partial charge in [0.25, 0.3) is 5.89 Å². The van der Waals surface area contributed by atoms with E-state index in [1.165, 1.54) is 5.56 Å². The Hall–Kier alpha value is -3.68. The SMILES string of the molecule is COc1ccc(-c2nc(-c3cn(Cc4ccc(C)cc4)nn3)no2)cc1OC. The quantitative estimate of drug-likeness (QED) is 0.509. The molecular weight excluding hydrogens is 358 g/mol. The van der Waals surface area contributed by atoms with Crippen LogP contribution in [0.1, 0.15) is 11.1 Å². The number of benzene rings is 2. The highest BCUT2D eigenvalue weighted by Gasteiger charge is 2.15. The summed E-state index contributed by atoms with van der Waals surface area (Å²) in [6.07, 6.45) is 1.79. The molecule has 0 aliphatic rings. The van der Waals surface area contributed by atoms with Crippen molar-refractivity contribution in [3.05, 3.63) is 59.8 Å². The van der Waals surface area contributed by atoms with E-state index in [2.05, 4.69) is 51.6 Å². The van der Waals surface area contributed by atoms with E-state index in [4.69, 9.17) is 14.0 Å². The molecule has 8 nitrogen and oxygen atoms in total. The molecular formula is C20H19N5O3. The van der Waals surface area contributed by atoms with Crippen LogP contribution in [0, 0.1) is 6.92 Å². The number of ether oxygens (including phenoxy) is 2. The molecule has 4 rings (SSSR count). The van der Waals surface area contributed by atoms with Gasteiger partial charge in [0.1, 0.15) is 0 Å². The lowest BCUT2D eigenvalue weighted by molar-refractivity contribution is 0.355. The van der Waals surface area contributed by atoms with Gasteiger partial charge in [0, 0.05) is 5.56 Å². The summed E-state index contributed by atoms with van der Waals surface area (Å²) < 4.78 is 17.7. The van der Waals surface area contributed by atoms with Crippen molar-refractivity contribution in [2.45, 2.75) is 13.5 Å². The predicted molar refractivity (Wildman–Crippen MR) is 102 cm³/mol. The lowest BCUT2D eigenvalue weighted by atomic mass is 10.1. The molecule has 0 saturated carbocycles. The van der Waals surface area contributed by atoms with Gasteiger partial charge in [-0.05, 0) is 30.7 Å². The molecule has 0 amide bonds. The Bertz CT molecular complexity index is 1090. The molecule has 0 fully saturated rings. The van der Waals surface area contributed by atoms with Gasteiger partial charge >= 0.3 is 0 Å². The Morgan fingerprint density at radius 1 is 1.00 bits per heavy atom. The van der Waals surface area contributed by atoms with E-state index in [0.29, 0.717) is 35.5 Å². The summed E-state index contributed by atoms with van der Waals surface area (Å²) >= 11 is 0. The first-order chi connectivity index (χ1) is 13.7. The van der Waals surface area contributed by atoms with Gasteiger partial charge < -0.3 is 14.0 Å². The van der Waals surface area contributed by atoms with Crippen LogP contribution in [0.2, 0.25) is 0 Å². The number of aromatic nitrogens is 5. The molecule has 2 aromatic carbocycles. The Kier molecular flexibility index (Phi) is 4.76. The molecule has 0 atom stereocenters. The maximum Gasteiger partial charge on any atom is 0.258 e. The van der Waals surface area contributed by atoms with Crippen LogP contribution < -0.4 is 9.47 Å². The third-order valence-corrected chi connectivity index (χ3v) is 4.29. The van der Waals surface area contributed by atoms with Crippen molar-refractivity contribution in [2.24, 2.45) is 0 Å². The fourth-order valence-corrected chi connectivity index (χ4v) is 2.77. The van der Waals surface area contributed by atoms with Gasteiger partial charge in [-0.15, -0.1) is 5.10 Å². The van der Waals surface area contributed by atoms with Crippen LogP contribution in [-0.2, 0) is 6.54 Å². The van der Waals surface area contributed by atoms with Crippen molar-refractivity contribution in [1.82, 2.24) is 25.1 Å². The molecule has 0 unspecified atom stereocenters. The highest BCUT2D eigenvalue weighted by atomic mass is 16.5. The maximum absolute atomic E-state index is 5.38. The topological polar surface area (TPSA) is 88.1 Å². The molecule has 0 radical (unpaired) electrons. The highest BCUT2D eigenvalue weighted by molar-refractivity contribution is 5.61. The first-order valence-electron chi connectivity index (χ1n) is 8.68. The minimum atomic E-state index is 0.365. The maximum atomic E-state index is 5.38. The smallest absolute Gasteiger partial charge is 0.258 e. The normalized spacial score (nSPS) is 10.8. The summed E-state index contributed by atoms with van der Waals surface area (Å²) in [6, 6.07) is 13.7. The second-order valence-corrected chi connectivity index (χ2v) is 6.28. The molecule has 142 valence electrons. The van der Waals surface area contributed by atoms with Crippen LogP contribution in [0.4, 0.5) is 0 Å². The van der Waals surface area contributed by atoms with Crippen LogP contribution in [0.25, 0.3) is 23.0 Å². The number of aryl methyl sites for hydroxylation is 1. The van der Waals surface area contributed by atoms with E-state index in [-0.39, 0.29) is 0 Å². The van der Waals surface area contributed by atoms with E-state index in [0.717, 1.165) is 11.1 Å². The molecule has 0 spiro atoms. The molecule has 28 heavy (non-hydrogen) atoms. The highest BCUT2D eigenvalue weighted by Crippen LogP contribution is 2.32. The Balaban J connectivity index is 1.55. The molecule has 0 saturated heterocycles. The van der Waals surface area contributed by atoms with Crippen molar-refractivity contribution in [2.75, 3.05) is 14.2 Å². The zero-order chi connectivity index (χ0) is 19.5. The minimum Gasteiger partial charge on any atom is -0.493 e. The van der Waals surface area contributed by atoms with E-state index in [1.807, 2.05) is 6.07 Å². The average Bonchev–Trinajstić information content (AvgIpc) is 3.39. The fourth-order valence-electron chi connectivity index (χ4n) is 2.77. The van der Waals surface area contributed by atoms with Crippen molar-refractivity contribution in [3.63, 3.8) is 0 Å². The van der Waals surface area contributed by atoms with E-state index >= 15 is 0 Å². The lowest BCUT2D eigenvalue weighted by Crippen LogP contribution is -2.00. The summed E-state index contributed by atoms with van der Waals surface area (Å²) in [5.41, 5.74) is 3.63. The molecule has 0 bridgehead atoms. The second-order valence-electron chi connectivity index (χ2n) is 6.28. The van der Waals surface area contributed by atoms with Gasteiger partial charge in [0.2, 0.25) is 5.82 Å². The van der Waals surface area contributed by atoms with Crippen molar-refractivity contribution < 1.29 is 14.0 Å². The van der Waals surface area contributed by atoms with E-state index < -0.39 is 0 Å². The molecule has 2 heterocycles. The van der Waals surface area contributed by atoms with Gasteiger partial charge in [0.15, 0.2) is 17.2 Å². The average molecular weight is 377 g/mol. The van der Waals surface area contributed by atoms with Crippen molar-refractivity contribution >= 4 is 0 Å². The monoisotopic (exact) mass is 377 g/mol. The molecule has 2 aromatic heterocycles. The Morgan fingerprint density at radius 2 is 1.79 bits per heavy atom. The van der Waals surface area contributed by atoms with Crippen LogP contribution in [0.5, 0.6) is 11.5 Å². The van der Waals surface area contributed by atoms with Gasteiger partial charge in [-0.2, -0.15) is 4.98 Å². The van der Waals surface area contributed by atoms with E-state index in [1.54, 1.807) is 37.2 Å². The second kappa shape index (κ2) is 7.51. The zero-order valence-electron chi connectivity index (χ0n) is 15.8. The summed E-state index contributed by atoms with van der Waals surface area (Å²) in [6.45, 7) is 2.68. The molecule has 8 heteroatoms. The standard InChI is InChI=1S/C20H19N5O3/c1-13-4-6-14(7-5-13)11-25-12-16(22-24-25)19-21-20(28-23-19)15-8-9-17(26-2)18(10-15)27-3/h4-10,12H,11H2,1-3H3. The Labute approximate surface area is 161 Å². The molecule has 4 aromatic rings. The third-order valence-electron chi connectivity index (χ3n) is 4.29. The van der Waals surface area contributed by atoms with Gasteiger partial charge in [-0.25, -0.2) is 4.68 Å². The zero-order valence-corrected chi connectivity index (χ0v) is 15.8. The third kappa shape index (κ3) is 3.57. The summed E-state index contributed by atoms with van der Waals surface area (Å²) in [5, 5.41) is 12.3. The number of hydrogen-bond donors (Lipinski definition) is 0. The Morgan fingerprint density at radius 3 is 2.54 bits per heavy atom. The first-order valence-corrected chi connectivity index (χ1v) is 8.68. The fraction of sp³-hybridized carbons (Fsp3) is 0.200. The summed E-state index contributed by atoms with van der Waals surface area (Å²) in [4.78, 5) is 4.42. The first kappa shape index (κ1) is 17.7. The lowest BCUT2D eigenvalue weighted by Gasteiger charge is -2.07. The van der Waals surface area contributed by atoms with Gasteiger partial charge in [0.05, 0.1) is 27.0 Å². The van der Waals surface area contributed by atoms with Crippen molar-refractivity contribution in [1.29, 1.82) is 0 Å². The van der Waals surface area contributed by atoms with Crippen LogP contribution in [0.15, 0.2) is 53.2 Å².